The van der Waals surface area contributed by atoms with Crippen molar-refractivity contribution >= 4 is 32.7 Å². The first-order valence-corrected chi connectivity index (χ1v) is 8.84. The normalized spacial score (nSPS) is 11.9. The fourth-order valence-corrected chi connectivity index (χ4v) is 4.41. The van der Waals surface area contributed by atoms with Crippen molar-refractivity contribution < 1.29 is 13.5 Å². The van der Waals surface area contributed by atoms with Crippen LogP contribution in [0.5, 0.6) is 0 Å². The lowest BCUT2D eigenvalue weighted by atomic mass is 10.3. The highest BCUT2D eigenvalue weighted by Crippen LogP contribution is 2.20. The monoisotopic (exact) mass is 318 g/mol. The largest absolute Gasteiger partial charge is 0.392 e. The van der Waals surface area contributed by atoms with Crippen molar-refractivity contribution in [2.24, 2.45) is 0 Å². The number of hydrogen-bond acceptors (Lipinski definition) is 6. The van der Waals surface area contributed by atoms with E-state index in [1.54, 1.807) is 16.7 Å². The maximum Gasteiger partial charge on any atom is 0.250 e. The van der Waals surface area contributed by atoms with E-state index >= 15 is 0 Å². The molecule has 0 aliphatic heterocycles. The van der Waals surface area contributed by atoms with Crippen molar-refractivity contribution in [1.29, 1.82) is 0 Å². The molecule has 0 saturated heterocycles. The molecular weight excluding hydrogens is 304 g/mol. The molecule has 0 amide bonds. The number of thiazole rings is 1. The molecule has 0 aliphatic carbocycles. The van der Waals surface area contributed by atoms with Gasteiger partial charge in [-0.15, -0.1) is 22.7 Å². The molecule has 2 heterocycles. The van der Waals surface area contributed by atoms with Gasteiger partial charge in [-0.2, -0.15) is 0 Å². The molecule has 0 aromatic carbocycles. The van der Waals surface area contributed by atoms with Crippen molar-refractivity contribution in [1.82, 2.24) is 9.71 Å². The lowest BCUT2D eigenvalue weighted by Gasteiger charge is -2.03. The van der Waals surface area contributed by atoms with Crippen LogP contribution in [-0.2, 0) is 23.1 Å². The number of aryl methyl sites for hydroxylation is 1. The molecule has 0 unspecified atom stereocenters. The molecule has 0 radical (unpaired) electrons. The van der Waals surface area contributed by atoms with Gasteiger partial charge < -0.3 is 5.11 Å². The van der Waals surface area contributed by atoms with Crippen LogP contribution < -0.4 is 4.72 Å². The van der Waals surface area contributed by atoms with Gasteiger partial charge >= 0.3 is 0 Å². The van der Waals surface area contributed by atoms with E-state index < -0.39 is 10.0 Å². The third-order valence-electron chi connectivity index (χ3n) is 2.42. The van der Waals surface area contributed by atoms with E-state index in [-0.39, 0.29) is 10.8 Å². The van der Waals surface area contributed by atoms with Crippen LogP contribution in [0, 0.1) is 6.92 Å². The maximum atomic E-state index is 12.0. The molecule has 2 aromatic heterocycles. The van der Waals surface area contributed by atoms with Crippen molar-refractivity contribution in [2.45, 2.75) is 24.2 Å². The van der Waals surface area contributed by atoms with Crippen LogP contribution in [0.25, 0.3) is 0 Å². The number of aliphatic hydroxyl groups excluding tert-OH is 1. The highest BCUT2D eigenvalue weighted by atomic mass is 32.2. The number of nitrogens with zero attached hydrogens (tertiary/aromatic N) is 1. The summed E-state index contributed by atoms with van der Waals surface area (Å²) >= 11 is 2.66. The predicted octanol–water partition coefficient (Wildman–Crippen LogP) is 1.53. The quantitative estimate of drug-likeness (QED) is 0.846. The first-order chi connectivity index (χ1) is 9.01. The Morgan fingerprint density at radius 2 is 2.16 bits per heavy atom. The topological polar surface area (TPSA) is 79.3 Å². The third kappa shape index (κ3) is 3.83. The van der Waals surface area contributed by atoms with Crippen molar-refractivity contribution in [3.8, 4) is 0 Å². The molecule has 0 spiro atoms. The smallest absolute Gasteiger partial charge is 0.250 e. The fourth-order valence-electron chi connectivity index (χ4n) is 1.48. The van der Waals surface area contributed by atoms with Gasteiger partial charge in [0.05, 0.1) is 17.3 Å². The standard InChI is InChI=1S/C11H14N2O3S3/c1-8-13-10(7-17-8)2-3-12-19(15,16)11-4-9(5-14)6-18-11/h4,6-7,12,14H,2-3,5H2,1H3. The zero-order chi connectivity index (χ0) is 13.9. The summed E-state index contributed by atoms with van der Waals surface area (Å²) in [6.45, 7) is 2.09. The summed E-state index contributed by atoms with van der Waals surface area (Å²) in [7, 11) is -3.48. The van der Waals surface area contributed by atoms with Gasteiger partial charge in [0.15, 0.2) is 0 Å². The van der Waals surface area contributed by atoms with Crippen molar-refractivity contribution in [3.63, 3.8) is 0 Å². The van der Waals surface area contributed by atoms with E-state index in [1.807, 2.05) is 12.3 Å². The Bertz CT molecular complexity index is 646. The second-order valence-electron chi connectivity index (χ2n) is 3.94. The van der Waals surface area contributed by atoms with Crippen LogP contribution in [0.2, 0.25) is 0 Å². The van der Waals surface area contributed by atoms with Crippen LogP contribution in [0.1, 0.15) is 16.3 Å². The number of sulfonamides is 1. The second-order valence-corrected chi connectivity index (χ2v) is 7.90. The van der Waals surface area contributed by atoms with Crippen LogP contribution in [-0.4, -0.2) is 25.1 Å². The van der Waals surface area contributed by atoms with E-state index in [0.717, 1.165) is 22.0 Å². The Hall–Kier alpha value is -0.800. The lowest BCUT2D eigenvalue weighted by Crippen LogP contribution is -2.25. The predicted molar refractivity (Wildman–Crippen MR) is 76.0 cm³/mol. The Morgan fingerprint density at radius 1 is 1.37 bits per heavy atom. The minimum atomic E-state index is -3.48. The van der Waals surface area contributed by atoms with Gasteiger partial charge in [-0.05, 0) is 23.9 Å². The SMILES string of the molecule is Cc1nc(CCNS(=O)(=O)c2cc(CO)cs2)cs1. The lowest BCUT2D eigenvalue weighted by molar-refractivity contribution is 0.282. The molecule has 0 fully saturated rings. The zero-order valence-corrected chi connectivity index (χ0v) is 12.7. The fraction of sp³-hybridized carbons (Fsp3) is 0.364. The number of thiophene rings is 1. The van der Waals surface area contributed by atoms with Crippen molar-refractivity contribution in [3.05, 3.63) is 33.1 Å². The van der Waals surface area contributed by atoms with Gasteiger partial charge in [0.25, 0.3) is 0 Å². The summed E-state index contributed by atoms with van der Waals surface area (Å²) in [5, 5.41) is 13.5. The van der Waals surface area contributed by atoms with Gasteiger partial charge in [-0.3, -0.25) is 0 Å². The maximum absolute atomic E-state index is 12.0. The van der Waals surface area contributed by atoms with Gasteiger partial charge in [0.1, 0.15) is 4.21 Å². The van der Waals surface area contributed by atoms with E-state index in [0.29, 0.717) is 18.5 Å². The first-order valence-electron chi connectivity index (χ1n) is 5.60. The molecular formula is C11H14N2O3S3. The van der Waals surface area contributed by atoms with E-state index in [2.05, 4.69) is 9.71 Å². The Labute approximate surface area is 120 Å². The van der Waals surface area contributed by atoms with Crippen LogP contribution >= 0.6 is 22.7 Å². The second kappa shape index (κ2) is 6.10. The van der Waals surface area contributed by atoms with Gasteiger partial charge in [0, 0.05) is 18.3 Å². The summed E-state index contributed by atoms with van der Waals surface area (Å²) in [5.41, 5.74) is 1.51. The number of rotatable bonds is 6. The summed E-state index contributed by atoms with van der Waals surface area (Å²) < 4.78 is 26.7. The Balaban J connectivity index is 1.94. The van der Waals surface area contributed by atoms with Crippen LogP contribution in [0.4, 0.5) is 0 Å². The van der Waals surface area contributed by atoms with Gasteiger partial charge in [-0.25, -0.2) is 18.1 Å². The summed E-state index contributed by atoms with van der Waals surface area (Å²) in [5.74, 6) is 0. The number of nitrogens with one attached hydrogen (secondary N) is 1. The minimum Gasteiger partial charge on any atom is -0.392 e. The number of aliphatic hydroxyl groups is 1. The van der Waals surface area contributed by atoms with Gasteiger partial charge in [0.2, 0.25) is 10.0 Å². The molecule has 5 nitrogen and oxygen atoms in total. The summed E-state index contributed by atoms with van der Waals surface area (Å²) in [6.07, 6.45) is 0.571. The van der Waals surface area contributed by atoms with E-state index in [4.69, 9.17) is 5.11 Å². The summed E-state index contributed by atoms with van der Waals surface area (Å²) in [6, 6.07) is 1.49. The average Bonchev–Trinajstić information content (AvgIpc) is 2.98. The zero-order valence-electron chi connectivity index (χ0n) is 10.3. The molecule has 2 aromatic rings. The Kier molecular flexibility index (Phi) is 4.69. The third-order valence-corrected chi connectivity index (χ3v) is 6.19. The molecule has 0 aliphatic rings. The minimum absolute atomic E-state index is 0.149. The van der Waals surface area contributed by atoms with Crippen molar-refractivity contribution in [2.75, 3.05) is 6.54 Å². The van der Waals surface area contributed by atoms with E-state index in [9.17, 15) is 8.42 Å². The molecule has 0 bridgehead atoms. The number of aromatic nitrogens is 1. The highest BCUT2D eigenvalue weighted by Gasteiger charge is 2.16. The van der Waals surface area contributed by atoms with E-state index in [1.165, 1.54) is 6.07 Å². The molecule has 104 valence electrons. The Morgan fingerprint density at radius 3 is 2.74 bits per heavy atom. The van der Waals surface area contributed by atoms with Crippen LogP contribution in [0.15, 0.2) is 21.0 Å². The van der Waals surface area contributed by atoms with Gasteiger partial charge in [-0.1, -0.05) is 0 Å². The summed E-state index contributed by atoms with van der Waals surface area (Å²) in [4.78, 5) is 4.27. The molecule has 8 heteroatoms. The molecule has 0 saturated carbocycles. The molecule has 0 atom stereocenters. The molecule has 19 heavy (non-hydrogen) atoms. The molecule has 2 rings (SSSR count). The highest BCUT2D eigenvalue weighted by molar-refractivity contribution is 7.91. The number of hydrogen-bond donors (Lipinski definition) is 2. The van der Waals surface area contributed by atoms with Crippen LogP contribution in [0.3, 0.4) is 0 Å². The average molecular weight is 318 g/mol. The first kappa shape index (κ1) is 14.6. The molecule has 2 N–H and O–H groups in total.